The predicted molar refractivity (Wildman–Crippen MR) is 186 cm³/mol. The zero-order valence-electron chi connectivity index (χ0n) is 28.2. The van der Waals surface area contributed by atoms with Gasteiger partial charge in [-0.3, -0.25) is 0 Å². The van der Waals surface area contributed by atoms with E-state index in [-0.39, 0.29) is 0 Å². The van der Waals surface area contributed by atoms with Crippen LogP contribution in [0.15, 0.2) is 79.3 Å². The Morgan fingerprint density at radius 1 is 1.02 bits per heavy atom. The maximum atomic E-state index is 12.7. The first-order chi connectivity index (χ1) is 24.5. The van der Waals surface area contributed by atoms with Crippen molar-refractivity contribution < 1.29 is 23.7 Å². The third-order valence-electron chi connectivity index (χ3n) is 8.99. The maximum Gasteiger partial charge on any atom is 0.338 e. The molecule has 0 aliphatic carbocycles. The van der Waals surface area contributed by atoms with Crippen molar-refractivity contribution in [1.29, 1.82) is 5.26 Å². The fraction of sp³-hybridized carbons (Fsp3) is 0.256. The third kappa shape index (κ3) is 6.48. The molecule has 11 nitrogen and oxygen atoms in total. The van der Waals surface area contributed by atoms with Gasteiger partial charge in [-0.15, -0.1) is 0 Å². The van der Waals surface area contributed by atoms with E-state index in [0.717, 1.165) is 70.1 Å². The van der Waals surface area contributed by atoms with Crippen LogP contribution < -0.4 is 14.2 Å². The summed E-state index contributed by atoms with van der Waals surface area (Å²) in [5, 5.41) is 9.53. The van der Waals surface area contributed by atoms with Gasteiger partial charge >= 0.3 is 5.97 Å². The number of carbonyl (C=O) groups excluding carboxylic acids is 1. The molecular formula is C39H36N6O5. The van der Waals surface area contributed by atoms with Gasteiger partial charge in [-0.1, -0.05) is 24.3 Å². The van der Waals surface area contributed by atoms with Gasteiger partial charge in [0.2, 0.25) is 5.88 Å². The van der Waals surface area contributed by atoms with E-state index in [0.29, 0.717) is 54.5 Å². The molecule has 1 aliphatic rings. The van der Waals surface area contributed by atoms with Gasteiger partial charge in [-0.05, 0) is 67.3 Å². The van der Waals surface area contributed by atoms with Gasteiger partial charge in [0, 0.05) is 36.4 Å². The Labute approximate surface area is 289 Å². The fourth-order valence-electron chi connectivity index (χ4n) is 6.36. The molecule has 3 aromatic heterocycles. The second-order valence-corrected chi connectivity index (χ2v) is 12.0. The molecule has 0 radical (unpaired) electrons. The Bertz CT molecular complexity index is 2250. The number of aryl methyl sites for hydroxylation is 2. The Morgan fingerprint density at radius 2 is 1.92 bits per heavy atom. The van der Waals surface area contributed by atoms with E-state index >= 15 is 0 Å². The lowest BCUT2D eigenvalue weighted by atomic mass is 10.0. The number of hydrogen-bond donors (Lipinski definition) is 0. The number of carbonyl (C=O) groups is 1. The normalized spacial score (nSPS) is 12.6. The van der Waals surface area contributed by atoms with E-state index in [9.17, 15) is 10.1 Å². The highest BCUT2D eigenvalue weighted by atomic mass is 16.5. The number of fused-ring (bicyclic) bond motifs is 7. The van der Waals surface area contributed by atoms with Crippen molar-refractivity contribution in [2.24, 2.45) is 0 Å². The number of imidazole rings is 2. The molecule has 11 heteroatoms. The lowest BCUT2D eigenvalue weighted by Gasteiger charge is -2.17. The highest BCUT2D eigenvalue weighted by Crippen LogP contribution is 2.34. The van der Waals surface area contributed by atoms with Crippen LogP contribution in [-0.2, 0) is 37.3 Å². The van der Waals surface area contributed by atoms with Crippen molar-refractivity contribution >= 4 is 17.0 Å². The average molecular weight is 669 g/mol. The summed E-state index contributed by atoms with van der Waals surface area (Å²) in [6, 6.07) is 23.2. The number of methoxy groups -OCH3 is 2. The Kier molecular flexibility index (Phi) is 9.16. The number of ether oxygens (including phenoxy) is 4. The quantitative estimate of drug-likeness (QED) is 0.175. The average Bonchev–Trinajstić information content (AvgIpc) is 3.76. The van der Waals surface area contributed by atoms with E-state index in [2.05, 4.69) is 33.2 Å². The topological polar surface area (TPSA) is 126 Å². The molecule has 50 heavy (non-hydrogen) atoms. The SMILES string of the molecule is CCn1cncc1Cn1c(Cc2ccc3cc2OCCCc2cc(C#N)ccc2COc2cccc-3n2)nc2c(OC)cc(C(=O)OC)cc21. The van der Waals surface area contributed by atoms with Crippen LogP contribution in [0.25, 0.3) is 22.3 Å². The summed E-state index contributed by atoms with van der Waals surface area (Å²) < 4.78 is 27.6. The second-order valence-electron chi connectivity index (χ2n) is 12.0. The fourth-order valence-corrected chi connectivity index (χ4v) is 6.36. The number of benzene rings is 3. The van der Waals surface area contributed by atoms with E-state index in [1.807, 2.05) is 61.1 Å². The van der Waals surface area contributed by atoms with E-state index in [1.165, 1.54) is 7.11 Å². The first-order valence-electron chi connectivity index (χ1n) is 16.5. The van der Waals surface area contributed by atoms with E-state index < -0.39 is 5.97 Å². The maximum absolute atomic E-state index is 12.7. The number of hydrogen-bond acceptors (Lipinski definition) is 9. The predicted octanol–water partition coefficient (Wildman–Crippen LogP) is 6.52. The largest absolute Gasteiger partial charge is 0.494 e. The zero-order chi connectivity index (χ0) is 34.6. The minimum atomic E-state index is -0.460. The van der Waals surface area contributed by atoms with Gasteiger partial charge in [0.1, 0.15) is 29.4 Å². The molecule has 0 N–H and O–H groups in total. The number of nitrogens with zero attached hydrogens (tertiary/aromatic N) is 6. The summed E-state index contributed by atoms with van der Waals surface area (Å²) in [4.78, 5) is 26.9. The summed E-state index contributed by atoms with van der Waals surface area (Å²) in [7, 11) is 2.93. The zero-order valence-corrected chi connectivity index (χ0v) is 28.2. The number of esters is 1. The summed E-state index contributed by atoms with van der Waals surface area (Å²) in [5.41, 5.74) is 8.03. The molecular weight excluding hydrogens is 632 g/mol. The summed E-state index contributed by atoms with van der Waals surface area (Å²) >= 11 is 0. The molecule has 1 aliphatic heterocycles. The highest BCUT2D eigenvalue weighted by molar-refractivity contribution is 5.96. The molecule has 6 aromatic rings. The van der Waals surface area contributed by atoms with Crippen LogP contribution in [-0.4, -0.2) is 50.9 Å². The van der Waals surface area contributed by atoms with Crippen LogP contribution in [0.1, 0.15) is 57.5 Å². The van der Waals surface area contributed by atoms with Crippen LogP contribution in [0.3, 0.4) is 0 Å². The van der Waals surface area contributed by atoms with Gasteiger partial charge in [0.05, 0.1) is 67.8 Å². The molecule has 0 amide bonds. The van der Waals surface area contributed by atoms with Crippen molar-refractivity contribution in [2.45, 2.75) is 45.9 Å². The molecule has 0 fully saturated rings. The van der Waals surface area contributed by atoms with Crippen LogP contribution in [0.4, 0.5) is 0 Å². The third-order valence-corrected chi connectivity index (χ3v) is 8.99. The molecule has 3 aromatic carbocycles. The van der Waals surface area contributed by atoms with Crippen molar-refractivity contribution in [3.63, 3.8) is 0 Å². The minimum Gasteiger partial charge on any atom is -0.494 e. The van der Waals surface area contributed by atoms with Gasteiger partial charge in [0.15, 0.2) is 0 Å². The second kappa shape index (κ2) is 14.1. The minimum absolute atomic E-state index is 0.356. The van der Waals surface area contributed by atoms with Crippen molar-refractivity contribution in [2.75, 3.05) is 20.8 Å². The van der Waals surface area contributed by atoms with E-state index in [1.54, 1.807) is 19.2 Å². The van der Waals surface area contributed by atoms with Crippen molar-refractivity contribution in [3.8, 4) is 34.7 Å². The van der Waals surface area contributed by atoms with Gasteiger partial charge in [-0.25, -0.2) is 19.7 Å². The molecule has 0 saturated heterocycles. The smallest absolute Gasteiger partial charge is 0.338 e. The summed E-state index contributed by atoms with van der Waals surface area (Å²) in [5.74, 6) is 2.02. The Hall–Kier alpha value is -6.15. The van der Waals surface area contributed by atoms with Crippen LogP contribution in [0.5, 0.6) is 17.4 Å². The van der Waals surface area contributed by atoms with Crippen molar-refractivity contribution in [1.82, 2.24) is 24.1 Å². The molecule has 4 heterocycles. The number of rotatable bonds is 7. The number of pyridine rings is 1. The first-order valence-corrected chi connectivity index (χ1v) is 16.5. The molecule has 0 saturated carbocycles. The standard InChI is InChI=1S/C39H36N6O5/c1-4-44-24-41-21-31(44)22-45-33-16-30(39(46)48-3)18-35(47-2)38(33)43-36(45)19-28-13-12-27-17-34(28)49-14-6-7-26-15-25(20-40)10-11-29(26)23-50-37-9-5-8-32(27)42-37/h5,8-13,15-18,21,24H,4,6-7,14,19,22-23H2,1-3H3. The molecule has 7 rings (SSSR count). The van der Waals surface area contributed by atoms with Gasteiger partial charge < -0.3 is 28.1 Å². The highest BCUT2D eigenvalue weighted by Gasteiger charge is 2.22. The molecule has 0 unspecified atom stereocenters. The summed E-state index contributed by atoms with van der Waals surface area (Å²) in [6.07, 6.45) is 5.56. The molecule has 252 valence electrons. The number of aromatic nitrogens is 5. The van der Waals surface area contributed by atoms with Gasteiger partial charge in [-0.2, -0.15) is 5.26 Å². The first kappa shape index (κ1) is 32.4. The van der Waals surface area contributed by atoms with Crippen LogP contribution in [0.2, 0.25) is 0 Å². The lowest BCUT2D eigenvalue weighted by Crippen LogP contribution is -2.11. The van der Waals surface area contributed by atoms with Crippen molar-refractivity contribution in [3.05, 3.63) is 119 Å². The van der Waals surface area contributed by atoms with E-state index in [4.69, 9.17) is 28.9 Å². The molecule has 0 atom stereocenters. The lowest BCUT2D eigenvalue weighted by molar-refractivity contribution is 0.0600. The van der Waals surface area contributed by atoms with Gasteiger partial charge in [0.25, 0.3) is 0 Å². The number of nitriles is 1. The molecule has 0 spiro atoms. The Balaban J connectivity index is 1.31. The Morgan fingerprint density at radius 3 is 2.74 bits per heavy atom. The summed E-state index contributed by atoms with van der Waals surface area (Å²) in [6.45, 7) is 4.12. The van der Waals surface area contributed by atoms with Crippen LogP contribution in [0, 0.1) is 11.3 Å². The van der Waals surface area contributed by atoms with Crippen LogP contribution >= 0.6 is 0 Å². The molecule has 4 bridgehead atoms. The monoisotopic (exact) mass is 668 g/mol.